The van der Waals surface area contributed by atoms with Crippen molar-refractivity contribution in [3.05, 3.63) is 0 Å². The van der Waals surface area contributed by atoms with Gasteiger partial charge in [0.1, 0.15) is 5.78 Å². The Morgan fingerprint density at radius 1 is 1.11 bits per heavy atom. The second kappa shape index (κ2) is 9.52. The molecule has 0 radical (unpaired) electrons. The average molecular weight is 268 g/mol. The number of aliphatic hydroxyl groups excluding tert-OH is 1. The molecule has 0 aromatic heterocycles. The standard InChI is InChI=1S/C17H32O2/c1-14(2)11-12-16(18)9-6-10-17(19)13-15-7-4-3-5-8-15/h14-16,18H,3-13H2,1-2H3. The van der Waals surface area contributed by atoms with Gasteiger partial charge >= 0.3 is 0 Å². The van der Waals surface area contributed by atoms with Crippen molar-refractivity contribution < 1.29 is 9.90 Å². The molecule has 1 N–H and O–H groups in total. The summed E-state index contributed by atoms with van der Waals surface area (Å²) in [5, 5.41) is 9.82. The van der Waals surface area contributed by atoms with E-state index in [4.69, 9.17) is 0 Å². The third-order valence-electron chi connectivity index (χ3n) is 4.31. The average Bonchev–Trinajstić information content (AvgIpc) is 2.37. The Bertz CT molecular complexity index is 242. The summed E-state index contributed by atoms with van der Waals surface area (Å²) in [5.41, 5.74) is 0. The van der Waals surface area contributed by atoms with Crippen LogP contribution in [0.25, 0.3) is 0 Å². The van der Waals surface area contributed by atoms with Crippen molar-refractivity contribution in [1.29, 1.82) is 0 Å². The van der Waals surface area contributed by atoms with Crippen LogP contribution in [0.1, 0.15) is 84.5 Å². The maximum Gasteiger partial charge on any atom is 0.133 e. The molecular formula is C17H32O2. The molecule has 1 unspecified atom stereocenters. The van der Waals surface area contributed by atoms with Crippen molar-refractivity contribution in [2.24, 2.45) is 11.8 Å². The molecule has 0 aromatic rings. The largest absolute Gasteiger partial charge is 0.393 e. The van der Waals surface area contributed by atoms with E-state index in [-0.39, 0.29) is 6.10 Å². The molecule has 1 rings (SSSR count). The number of aliphatic hydroxyl groups is 1. The van der Waals surface area contributed by atoms with Crippen LogP contribution in [0.15, 0.2) is 0 Å². The first-order chi connectivity index (χ1) is 9.08. The first-order valence-electron chi connectivity index (χ1n) is 8.27. The monoisotopic (exact) mass is 268 g/mol. The summed E-state index contributed by atoms with van der Waals surface area (Å²) >= 11 is 0. The number of Topliss-reactive ketones (excluding diaryl/α,β-unsaturated/α-hetero) is 1. The van der Waals surface area contributed by atoms with Gasteiger partial charge in [0.2, 0.25) is 0 Å². The van der Waals surface area contributed by atoms with E-state index in [9.17, 15) is 9.90 Å². The van der Waals surface area contributed by atoms with Gasteiger partial charge < -0.3 is 5.11 Å². The van der Waals surface area contributed by atoms with Gasteiger partial charge in [0.25, 0.3) is 0 Å². The Morgan fingerprint density at radius 3 is 2.42 bits per heavy atom. The summed E-state index contributed by atoms with van der Waals surface area (Å²) < 4.78 is 0. The molecule has 112 valence electrons. The highest BCUT2D eigenvalue weighted by atomic mass is 16.3. The summed E-state index contributed by atoms with van der Waals surface area (Å²) in [4.78, 5) is 11.9. The molecule has 19 heavy (non-hydrogen) atoms. The van der Waals surface area contributed by atoms with E-state index in [0.29, 0.717) is 24.0 Å². The first kappa shape index (κ1) is 16.7. The Kier molecular flexibility index (Phi) is 8.36. The zero-order valence-corrected chi connectivity index (χ0v) is 12.9. The highest BCUT2D eigenvalue weighted by Crippen LogP contribution is 2.27. The smallest absolute Gasteiger partial charge is 0.133 e. The Morgan fingerprint density at radius 2 is 1.79 bits per heavy atom. The van der Waals surface area contributed by atoms with Crippen molar-refractivity contribution in [3.8, 4) is 0 Å². The molecule has 1 atom stereocenters. The van der Waals surface area contributed by atoms with Crippen LogP contribution in [-0.2, 0) is 4.79 Å². The molecule has 0 spiro atoms. The Balaban J connectivity index is 2.02. The molecule has 0 heterocycles. The fraction of sp³-hybridized carbons (Fsp3) is 0.941. The maximum absolute atomic E-state index is 11.9. The fourth-order valence-electron chi connectivity index (χ4n) is 3.02. The van der Waals surface area contributed by atoms with Gasteiger partial charge in [-0.05, 0) is 37.5 Å². The molecule has 0 aliphatic heterocycles. The van der Waals surface area contributed by atoms with Gasteiger partial charge in [0.15, 0.2) is 0 Å². The van der Waals surface area contributed by atoms with E-state index in [1.807, 2.05) is 0 Å². The van der Waals surface area contributed by atoms with Gasteiger partial charge in [0, 0.05) is 12.8 Å². The summed E-state index contributed by atoms with van der Waals surface area (Å²) in [5.74, 6) is 1.73. The molecule has 1 saturated carbocycles. The number of hydrogen-bond donors (Lipinski definition) is 1. The number of hydrogen-bond acceptors (Lipinski definition) is 2. The summed E-state index contributed by atoms with van der Waals surface area (Å²) in [6, 6.07) is 0. The summed E-state index contributed by atoms with van der Waals surface area (Å²) in [6.07, 6.45) is 11.4. The van der Waals surface area contributed by atoms with Crippen molar-refractivity contribution >= 4 is 5.78 Å². The molecule has 0 bridgehead atoms. The van der Waals surface area contributed by atoms with Crippen LogP contribution in [-0.4, -0.2) is 17.0 Å². The fourth-order valence-corrected chi connectivity index (χ4v) is 3.02. The van der Waals surface area contributed by atoms with Crippen molar-refractivity contribution in [2.75, 3.05) is 0 Å². The normalized spacial score (nSPS) is 18.7. The second-order valence-corrected chi connectivity index (χ2v) is 6.76. The van der Waals surface area contributed by atoms with Crippen LogP contribution in [0.3, 0.4) is 0 Å². The van der Waals surface area contributed by atoms with Crippen LogP contribution in [0.2, 0.25) is 0 Å². The van der Waals surface area contributed by atoms with E-state index in [2.05, 4.69) is 13.8 Å². The van der Waals surface area contributed by atoms with Gasteiger partial charge in [-0.3, -0.25) is 4.79 Å². The van der Waals surface area contributed by atoms with Crippen LogP contribution in [0.4, 0.5) is 0 Å². The number of carbonyl (C=O) groups excluding carboxylic acids is 1. The van der Waals surface area contributed by atoms with Gasteiger partial charge in [-0.1, -0.05) is 46.0 Å². The minimum Gasteiger partial charge on any atom is -0.393 e. The highest BCUT2D eigenvalue weighted by Gasteiger charge is 2.17. The first-order valence-corrected chi connectivity index (χ1v) is 8.27. The van der Waals surface area contributed by atoms with Gasteiger partial charge in [-0.15, -0.1) is 0 Å². The summed E-state index contributed by atoms with van der Waals surface area (Å²) in [6.45, 7) is 4.36. The zero-order valence-electron chi connectivity index (χ0n) is 12.9. The topological polar surface area (TPSA) is 37.3 Å². The lowest BCUT2D eigenvalue weighted by Gasteiger charge is -2.20. The van der Waals surface area contributed by atoms with Crippen molar-refractivity contribution in [1.82, 2.24) is 0 Å². The summed E-state index contributed by atoms with van der Waals surface area (Å²) in [7, 11) is 0. The highest BCUT2D eigenvalue weighted by molar-refractivity contribution is 5.78. The zero-order chi connectivity index (χ0) is 14.1. The SMILES string of the molecule is CC(C)CCC(O)CCCC(=O)CC1CCCCC1. The van der Waals surface area contributed by atoms with E-state index >= 15 is 0 Å². The van der Waals surface area contributed by atoms with Crippen molar-refractivity contribution in [2.45, 2.75) is 90.6 Å². The van der Waals surface area contributed by atoms with E-state index in [1.54, 1.807) is 0 Å². The third kappa shape index (κ3) is 8.41. The number of carbonyl (C=O) groups is 1. The van der Waals surface area contributed by atoms with E-state index in [1.165, 1.54) is 32.1 Å². The minimum atomic E-state index is -0.204. The predicted octanol–water partition coefficient (Wildman–Crippen LogP) is 4.49. The lowest BCUT2D eigenvalue weighted by molar-refractivity contribution is -0.120. The molecule has 1 fully saturated rings. The van der Waals surface area contributed by atoms with Crippen LogP contribution >= 0.6 is 0 Å². The molecule has 0 amide bonds. The van der Waals surface area contributed by atoms with Crippen LogP contribution < -0.4 is 0 Å². The lowest BCUT2D eigenvalue weighted by atomic mass is 9.85. The second-order valence-electron chi connectivity index (χ2n) is 6.76. The van der Waals surface area contributed by atoms with E-state index in [0.717, 1.165) is 32.1 Å². The van der Waals surface area contributed by atoms with E-state index < -0.39 is 0 Å². The van der Waals surface area contributed by atoms with Crippen LogP contribution in [0.5, 0.6) is 0 Å². The van der Waals surface area contributed by atoms with Gasteiger partial charge in [-0.2, -0.15) is 0 Å². The molecular weight excluding hydrogens is 236 g/mol. The Hall–Kier alpha value is -0.370. The maximum atomic E-state index is 11.9. The molecule has 1 aliphatic rings. The number of ketones is 1. The molecule has 2 heteroatoms. The third-order valence-corrected chi connectivity index (χ3v) is 4.31. The van der Waals surface area contributed by atoms with Gasteiger partial charge in [-0.25, -0.2) is 0 Å². The lowest BCUT2D eigenvalue weighted by Crippen LogP contribution is -2.13. The van der Waals surface area contributed by atoms with Crippen molar-refractivity contribution in [3.63, 3.8) is 0 Å². The number of rotatable bonds is 9. The predicted molar refractivity (Wildman–Crippen MR) is 80.1 cm³/mol. The van der Waals surface area contributed by atoms with Gasteiger partial charge in [0.05, 0.1) is 6.10 Å². The molecule has 2 nitrogen and oxygen atoms in total. The Labute approximate surface area is 119 Å². The molecule has 0 aromatic carbocycles. The molecule has 1 aliphatic carbocycles. The quantitative estimate of drug-likeness (QED) is 0.669. The van der Waals surface area contributed by atoms with Crippen LogP contribution in [0, 0.1) is 11.8 Å². The molecule has 0 saturated heterocycles. The minimum absolute atomic E-state index is 0.204.